The molecule has 2 atom stereocenters. The Morgan fingerprint density at radius 3 is 2.32 bits per heavy atom. The van der Waals surface area contributed by atoms with Gasteiger partial charge in [0.25, 0.3) is 0 Å². The Labute approximate surface area is 242 Å². The van der Waals surface area contributed by atoms with Crippen molar-refractivity contribution in [2.24, 2.45) is 0 Å². The number of nitrogens with one attached hydrogen (secondary N) is 1. The van der Waals surface area contributed by atoms with Gasteiger partial charge in [0.15, 0.2) is 5.11 Å². The van der Waals surface area contributed by atoms with E-state index >= 15 is 0 Å². The number of benzene rings is 2. The van der Waals surface area contributed by atoms with Crippen LogP contribution in [-0.4, -0.2) is 41.0 Å². The molecular formula is C31H30F3N5OS. The molecule has 2 aliphatic heterocycles. The number of nitrogens with zero attached hydrogens (tertiary/aromatic N) is 4. The van der Waals surface area contributed by atoms with Gasteiger partial charge >= 0.3 is 6.18 Å². The standard InChI is InChI=1S/C31H30F3N5OS/c1-20-18-26(21(2)38(20)25-7-5-6-22(19-25)31(32,33)34)29-28(27-8-3-4-13-35-27)36-30(41)39(29)24-11-9-23(10-12-24)37-14-16-40-17-15-37/h3-13,18-19,28-29H,14-17H2,1-2H3,(H,36,41)/t28-,29+/m0/s1. The first-order valence-electron chi connectivity index (χ1n) is 13.5. The second kappa shape index (κ2) is 10.8. The summed E-state index contributed by atoms with van der Waals surface area (Å²) in [7, 11) is 0. The molecule has 2 aromatic carbocycles. The van der Waals surface area contributed by atoms with Gasteiger partial charge in [-0.3, -0.25) is 4.98 Å². The summed E-state index contributed by atoms with van der Waals surface area (Å²) >= 11 is 5.90. The van der Waals surface area contributed by atoms with Crippen molar-refractivity contribution in [1.82, 2.24) is 14.9 Å². The highest BCUT2D eigenvalue weighted by molar-refractivity contribution is 7.80. The molecule has 0 saturated carbocycles. The van der Waals surface area contributed by atoms with E-state index in [0.717, 1.165) is 53.2 Å². The normalized spacial score (nSPS) is 19.5. The summed E-state index contributed by atoms with van der Waals surface area (Å²) in [4.78, 5) is 9.02. The number of pyridine rings is 1. The summed E-state index contributed by atoms with van der Waals surface area (Å²) in [5.41, 5.74) is 5.29. The summed E-state index contributed by atoms with van der Waals surface area (Å²) in [6, 6.07) is 21.0. The molecule has 0 amide bonds. The molecule has 212 valence electrons. The van der Waals surface area contributed by atoms with E-state index in [9.17, 15) is 13.2 Å². The predicted octanol–water partition coefficient (Wildman–Crippen LogP) is 6.52. The fraction of sp³-hybridized carbons (Fsp3) is 0.290. The van der Waals surface area contributed by atoms with Crippen molar-refractivity contribution in [3.05, 3.63) is 107 Å². The smallest absolute Gasteiger partial charge is 0.378 e. The average molecular weight is 578 g/mol. The van der Waals surface area contributed by atoms with Crippen LogP contribution in [0.25, 0.3) is 5.69 Å². The number of hydrogen-bond acceptors (Lipinski definition) is 4. The van der Waals surface area contributed by atoms with Crippen molar-refractivity contribution in [1.29, 1.82) is 0 Å². The summed E-state index contributed by atoms with van der Waals surface area (Å²) < 4.78 is 48.0. The first-order valence-corrected chi connectivity index (χ1v) is 13.9. The molecule has 1 N–H and O–H groups in total. The van der Waals surface area contributed by atoms with Crippen molar-refractivity contribution in [2.45, 2.75) is 32.1 Å². The van der Waals surface area contributed by atoms with Crippen LogP contribution in [0.4, 0.5) is 24.5 Å². The Morgan fingerprint density at radius 1 is 0.902 bits per heavy atom. The quantitative estimate of drug-likeness (QED) is 0.273. The molecule has 2 aromatic heterocycles. The molecule has 6 rings (SSSR count). The van der Waals surface area contributed by atoms with E-state index < -0.39 is 11.7 Å². The fourth-order valence-electron chi connectivity index (χ4n) is 5.90. The third-order valence-corrected chi connectivity index (χ3v) is 8.14. The second-order valence-electron chi connectivity index (χ2n) is 10.3. The maximum absolute atomic E-state index is 13.5. The zero-order valence-corrected chi connectivity index (χ0v) is 23.5. The van der Waals surface area contributed by atoms with E-state index in [-0.39, 0.29) is 12.1 Å². The van der Waals surface area contributed by atoms with Crippen molar-refractivity contribution >= 4 is 28.7 Å². The van der Waals surface area contributed by atoms with Gasteiger partial charge in [-0.25, -0.2) is 0 Å². The molecule has 4 aromatic rings. The number of hydrogen-bond donors (Lipinski definition) is 1. The SMILES string of the molecule is Cc1cc([C@@H]2[C@H](c3ccccn3)NC(=S)N2c2ccc(N3CCOCC3)cc2)c(C)n1-c1cccc(C(F)(F)F)c1. The molecular weight excluding hydrogens is 547 g/mol. The highest BCUT2D eigenvalue weighted by Gasteiger charge is 2.42. The van der Waals surface area contributed by atoms with E-state index in [1.165, 1.54) is 12.1 Å². The Bertz CT molecular complexity index is 1550. The molecule has 2 aliphatic rings. The minimum absolute atomic E-state index is 0.266. The lowest BCUT2D eigenvalue weighted by atomic mass is 9.96. The first-order chi connectivity index (χ1) is 19.7. The molecule has 4 heterocycles. The molecule has 6 nitrogen and oxygen atoms in total. The van der Waals surface area contributed by atoms with Crippen LogP contribution in [0.2, 0.25) is 0 Å². The lowest BCUT2D eigenvalue weighted by Gasteiger charge is -2.31. The molecule has 0 spiro atoms. The molecule has 2 saturated heterocycles. The summed E-state index contributed by atoms with van der Waals surface area (Å²) in [6.07, 6.45) is -2.67. The lowest BCUT2D eigenvalue weighted by Crippen LogP contribution is -2.36. The zero-order chi connectivity index (χ0) is 28.7. The lowest BCUT2D eigenvalue weighted by molar-refractivity contribution is -0.137. The second-order valence-corrected chi connectivity index (χ2v) is 10.7. The van der Waals surface area contributed by atoms with Gasteiger partial charge in [-0.05, 0) is 92.3 Å². The van der Waals surface area contributed by atoms with Crippen LogP contribution in [0.1, 0.15) is 40.3 Å². The van der Waals surface area contributed by atoms with Crippen LogP contribution in [0.5, 0.6) is 0 Å². The van der Waals surface area contributed by atoms with Gasteiger partial charge in [0, 0.05) is 47.7 Å². The molecule has 2 fully saturated rings. The minimum atomic E-state index is -4.43. The maximum atomic E-state index is 13.5. The topological polar surface area (TPSA) is 45.6 Å². The van der Waals surface area contributed by atoms with Crippen molar-refractivity contribution in [2.75, 3.05) is 36.1 Å². The highest BCUT2D eigenvalue weighted by Crippen LogP contribution is 2.44. The highest BCUT2D eigenvalue weighted by atomic mass is 32.1. The summed E-state index contributed by atoms with van der Waals surface area (Å²) in [5, 5.41) is 4.04. The van der Waals surface area contributed by atoms with Crippen LogP contribution < -0.4 is 15.1 Å². The van der Waals surface area contributed by atoms with E-state index in [2.05, 4.69) is 44.4 Å². The Balaban J connectivity index is 1.43. The molecule has 10 heteroatoms. The minimum Gasteiger partial charge on any atom is -0.378 e. The Hall–Kier alpha value is -3.89. The van der Waals surface area contributed by atoms with Crippen LogP contribution in [0.3, 0.4) is 0 Å². The molecule has 41 heavy (non-hydrogen) atoms. The number of alkyl halides is 3. The van der Waals surface area contributed by atoms with Crippen LogP contribution in [0, 0.1) is 13.8 Å². The summed E-state index contributed by atoms with van der Waals surface area (Å²) in [5.74, 6) is 0. The molecule has 0 aliphatic carbocycles. The van der Waals surface area contributed by atoms with E-state index in [4.69, 9.17) is 17.0 Å². The van der Waals surface area contributed by atoms with Gasteiger partial charge < -0.3 is 24.4 Å². The van der Waals surface area contributed by atoms with E-state index in [1.807, 2.05) is 42.7 Å². The van der Waals surface area contributed by atoms with E-state index in [0.29, 0.717) is 24.0 Å². The number of anilines is 2. The monoisotopic (exact) mass is 577 g/mol. The van der Waals surface area contributed by atoms with Gasteiger partial charge in [-0.1, -0.05) is 12.1 Å². The van der Waals surface area contributed by atoms with Crippen molar-refractivity contribution in [3.63, 3.8) is 0 Å². The number of rotatable bonds is 5. The molecule has 0 unspecified atom stereocenters. The number of aryl methyl sites for hydroxylation is 1. The van der Waals surface area contributed by atoms with Gasteiger partial charge in [0.1, 0.15) is 0 Å². The third-order valence-electron chi connectivity index (χ3n) is 7.82. The first kappa shape index (κ1) is 27.3. The third kappa shape index (κ3) is 5.17. The maximum Gasteiger partial charge on any atom is 0.416 e. The fourth-order valence-corrected chi connectivity index (χ4v) is 6.25. The molecule has 0 bridgehead atoms. The molecule has 0 radical (unpaired) electrons. The Morgan fingerprint density at radius 2 is 1.63 bits per heavy atom. The van der Waals surface area contributed by atoms with Gasteiger partial charge in [0.05, 0.1) is 36.6 Å². The van der Waals surface area contributed by atoms with Crippen molar-refractivity contribution < 1.29 is 17.9 Å². The van der Waals surface area contributed by atoms with Crippen LogP contribution in [0.15, 0.2) is 79.0 Å². The van der Waals surface area contributed by atoms with Gasteiger partial charge in [-0.2, -0.15) is 13.2 Å². The van der Waals surface area contributed by atoms with Crippen LogP contribution in [-0.2, 0) is 10.9 Å². The number of aromatic nitrogens is 2. The summed E-state index contributed by atoms with van der Waals surface area (Å²) in [6.45, 7) is 6.95. The number of thiocarbonyl (C=S) groups is 1. The number of morpholine rings is 1. The Kier molecular flexibility index (Phi) is 7.21. The van der Waals surface area contributed by atoms with Crippen molar-refractivity contribution in [3.8, 4) is 5.69 Å². The van der Waals surface area contributed by atoms with Gasteiger partial charge in [0.2, 0.25) is 0 Å². The average Bonchev–Trinajstić information content (AvgIpc) is 3.48. The van der Waals surface area contributed by atoms with Crippen LogP contribution >= 0.6 is 12.2 Å². The van der Waals surface area contributed by atoms with E-state index in [1.54, 1.807) is 12.3 Å². The van der Waals surface area contributed by atoms with Gasteiger partial charge in [-0.15, -0.1) is 0 Å². The number of halogens is 3. The predicted molar refractivity (Wildman–Crippen MR) is 158 cm³/mol. The largest absolute Gasteiger partial charge is 0.416 e. The number of ether oxygens (including phenoxy) is 1. The zero-order valence-electron chi connectivity index (χ0n) is 22.7.